The Morgan fingerprint density at radius 2 is 2.53 bits per heavy atom. The minimum atomic E-state index is -0.292. The molecule has 1 aliphatic heterocycles. The number of fused-ring (bicyclic) bond motifs is 1. The molecule has 0 bridgehead atoms. The summed E-state index contributed by atoms with van der Waals surface area (Å²) in [5.41, 5.74) is 8.65. The van der Waals surface area contributed by atoms with Gasteiger partial charge in [-0.15, -0.1) is 0 Å². The summed E-state index contributed by atoms with van der Waals surface area (Å²) in [6.45, 7) is 1.05. The van der Waals surface area contributed by atoms with Gasteiger partial charge in [0.05, 0.1) is 30.6 Å². The monoisotopic (exact) mass is 263 g/mol. The Labute approximate surface area is 111 Å². The van der Waals surface area contributed by atoms with Crippen LogP contribution in [0.3, 0.4) is 0 Å². The highest BCUT2D eigenvalue weighted by Crippen LogP contribution is 2.22. The van der Waals surface area contributed by atoms with Crippen LogP contribution in [0.1, 0.15) is 17.7 Å². The van der Waals surface area contributed by atoms with Crippen LogP contribution in [0.2, 0.25) is 0 Å². The van der Waals surface area contributed by atoms with Crippen molar-refractivity contribution < 1.29 is 9.53 Å². The molecule has 1 aliphatic rings. The van der Waals surface area contributed by atoms with E-state index in [2.05, 4.69) is 15.4 Å². The quantitative estimate of drug-likeness (QED) is 0.578. The van der Waals surface area contributed by atoms with E-state index in [9.17, 15) is 4.79 Å². The molecule has 1 amide bonds. The molecule has 0 radical (unpaired) electrons. The van der Waals surface area contributed by atoms with E-state index in [1.807, 2.05) is 7.05 Å². The maximum atomic E-state index is 11.4. The summed E-state index contributed by atoms with van der Waals surface area (Å²) in [5, 5.41) is 7.36. The summed E-state index contributed by atoms with van der Waals surface area (Å²) in [4.78, 5) is 15.2. The largest absolute Gasteiger partial charge is 0.384 e. The molecule has 0 spiro atoms. The van der Waals surface area contributed by atoms with Gasteiger partial charge in [-0.1, -0.05) is 0 Å². The topological polar surface area (TPSA) is 94.5 Å². The summed E-state index contributed by atoms with van der Waals surface area (Å²) in [7, 11) is 3.39. The number of carbonyl (C=O) groups is 1. The van der Waals surface area contributed by atoms with Crippen LogP contribution in [-0.4, -0.2) is 35.2 Å². The van der Waals surface area contributed by atoms with Crippen LogP contribution in [0.5, 0.6) is 0 Å². The fraction of sp³-hybridized carbons (Fsp3) is 0.417. The predicted molar refractivity (Wildman–Crippen MR) is 71.1 cm³/mol. The number of hydrogen-bond donors (Lipinski definition) is 2. The number of carbonyl (C=O) groups excluding carboxylic acids is 1. The molecule has 7 nitrogen and oxygen atoms in total. The van der Waals surface area contributed by atoms with Gasteiger partial charge in [-0.2, -0.15) is 10.1 Å². The molecule has 0 saturated carbocycles. The van der Waals surface area contributed by atoms with E-state index in [1.165, 1.54) is 7.11 Å². The lowest BCUT2D eigenvalue weighted by Crippen LogP contribution is -2.15. The molecule has 102 valence electrons. The minimum Gasteiger partial charge on any atom is -0.384 e. The minimum absolute atomic E-state index is 0.178. The zero-order valence-corrected chi connectivity index (χ0v) is 11.0. The van der Waals surface area contributed by atoms with Crippen molar-refractivity contribution in [2.75, 3.05) is 13.7 Å². The van der Waals surface area contributed by atoms with Crippen LogP contribution in [0.4, 0.5) is 0 Å². The van der Waals surface area contributed by atoms with Gasteiger partial charge in [0.25, 0.3) is 0 Å². The number of amides is 1. The van der Waals surface area contributed by atoms with Crippen molar-refractivity contribution in [2.24, 2.45) is 17.8 Å². The molecule has 2 rings (SSSR count). The molecule has 3 N–H and O–H groups in total. The van der Waals surface area contributed by atoms with E-state index in [0.29, 0.717) is 13.2 Å². The van der Waals surface area contributed by atoms with E-state index in [1.54, 1.807) is 17.0 Å². The third-order valence-corrected chi connectivity index (χ3v) is 2.81. The normalized spacial score (nSPS) is 16.5. The second-order valence-corrected chi connectivity index (χ2v) is 4.23. The molecule has 0 aromatic carbocycles. The highest BCUT2D eigenvalue weighted by atomic mass is 16.5. The Hall–Kier alpha value is -2.15. The van der Waals surface area contributed by atoms with Crippen LogP contribution in [0, 0.1) is 0 Å². The van der Waals surface area contributed by atoms with Gasteiger partial charge in [-0.3, -0.25) is 9.48 Å². The Balaban J connectivity index is 2.12. The summed E-state index contributed by atoms with van der Waals surface area (Å²) in [6.07, 6.45) is 3.68. The van der Waals surface area contributed by atoms with E-state index in [4.69, 9.17) is 10.5 Å². The number of aromatic nitrogens is 2. The highest BCUT2D eigenvalue weighted by molar-refractivity contribution is 6.04. The summed E-state index contributed by atoms with van der Waals surface area (Å²) >= 11 is 0. The van der Waals surface area contributed by atoms with Gasteiger partial charge < -0.3 is 15.8 Å². The first kappa shape index (κ1) is 13.3. The Morgan fingerprint density at radius 1 is 1.74 bits per heavy atom. The van der Waals surface area contributed by atoms with Crippen molar-refractivity contribution >= 4 is 17.4 Å². The zero-order chi connectivity index (χ0) is 13.8. The molecule has 19 heavy (non-hydrogen) atoms. The maximum absolute atomic E-state index is 11.4. The van der Waals surface area contributed by atoms with Crippen LogP contribution in [0.25, 0.3) is 5.70 Å². The standard InChI is InChI=1S/C12H17N5O2/c1-17-12-8(7-15-17)6-14-9(12)5-10(13)16-11(18)3-4-19-2/h5,7,14H,3-4,6H2,1-2H3,(H2,13,16,18)/b9-5-. The molecule has 2 heterocycles. The number of methoxy groups -OCH3 is 1. The number of ether oxygens (including phenoxy) is 1. The van der Waals surface area contributed by atoms with Gasteiger partial charge in [0.2, 0.25) is 5.91 Å². The maximum Gasteiger partial charge on any atom is 0.249 e. The van der Waals surface area contributed by atoms with E-state index >= 15 is 0 Å². The van der Waals surface area contributed by atoms with Crippen molar-refractivity contribution in [3.05, 3.63) is 23.5 Å². The lowest BCUT2D eigenvalue weighted by atomic mass is 10.2. The van der Waals surface area contributed by atoms with Gasteiger partial charge in [0.15, 0.2) is 0 Å². The molecule has 0 saturated heterocycles. The van der Waals surface area contributed by atoms with E-state index in [0.717, 1.165) is 17.0 Å². The van der Waals surface area contributed by atoms with Crippen molar-refractivity contribution in [2.45, 2.75) is 13.0 Å². The average Bonchev–Trinajstić information content (AvgIpc) is 2.91. The molecule has 0 unspecified atom stereocenters. The molecule has 7 heteroatoms. The van der Waals surface area contributed by atoms with Gasteiger partial charge in [0.1, 0.15) is 5.84 Å². The highest BCUT2D eigenvalue weighted by Gasteiger charge is 2.19. The molecule has 0 atom stereocenters. The van der Waals surface area contributed by atoms with Gasteiger partial charge in [-0.05, 0) is 0 Å². The second kappa shape index (κ2) is 5.66. The van der Waals surface area contributed by atoms with Crippen molar-refractivity contribution in [1.82, 2.24) is 15.1 Å². The van der Waals surface area contributed by atoms with Crippen molar-refractivity contribution in [1.29, 1.82) is 0 Å². The number of hydrogen-bond acceptors (Lipinski definition) is 4. The number of nitrogens with two attached hydrogens (primary N) is 1. The molecule has 1 aromatic rings. The molecular weight excluding hydrogens is 246 g/mol. The van der Waals surface area contributed by atoms with Crippen molar-refractivity contribution in [3.63, 3.8) is 0 Å². The SMILES string of the molecule is COCCC(=O)N=C(N)/C=C1\NCc2cnn(C)c21. The first-order valence-corrected chi connectivity index (χ1v) is 5.94. The number of nitrogens with zero attached hydrogens (tertiary/aromatic N) is 3. The Kier molecular flexibility index (Phi) is 3.96. The number of aryl methyl sites for hydroxylation is 1. The predicted octanol–water partition coefficient (Wildman–Crippen LogP) is -0.215. The van der Waals surface area contributed by atoms with Gasteiger partial charge >= 0.3 is 0 Å². The van der Waals surface area contributed by atoms with Gasteiger partial charge in [0, 0.05) is 32.3 Å². The fourth-order valence-electron chi connectivity index (χ4n) is 1.92. The van der Waals surface area contributed by atoms with Gasteiger partial charge in [-0.25, -0.2) is 0 Å². The van der Waals surface area contributed by atoms with Crippen molar-refractivity contribution in [3.8, 4) is 0 Å². The third-order valence-electron chi connectivity index (χ3n) is 2.81. The number of rotatable bonds is 4. The van der Waals surface area contributed by atoms with Crippen LogP contribution in [0.15, 0.2) is 17.3 Å². The molecule has 1 aromatic heterocycles. The molecule has 0 aliphatic carbocycles. The number of nitrogens with one attached hydrogen (secondary N) is 1. The first-order valence-electron chi connectivity index (χ1n) is 5.94. The summed E-state index contributed by atoms with van der Waals surface area (Å²) in [6, 6.07) is 0. The lowest BCUT2D eigenvalue weighted by molar-refractivity contribution is -0.118. The van der Waals surface area contributed by atoms with Crippen LogP contribution in [-0.2, 0) is 23.1 Å². The summed E-state index contributed by atoms with van der Waals surface area (Å²) in [5.74, 6) is -0.114. The third kappa shape index (κ3) is 3.00. The fourth-order valence-corrected chi connectivity index (χ4v) is 1.92. The Bertz CT molecular complexity index is 544. The van der Waals surface area contributed by atoms with Crippen LogP contribution >= 0.6 is 0 Å². The average molecular weight is 263 g/mol. The summed E-state index contributed by atoms with van der Waals surface area (Å²) < 4.78 is 6.57. The molecular formula is C12H17N5O2. The van der Waals surface area contributed by atoms with E-state index < -0.39 is 0 Å². The smallest absolute Gasteiger partial charge is 0.249 e. The zero-order valence-electron chi connectivity index (χ0n) is 11.0. The van der Waals surface area contributed by atoms with Crippen LogP contribution < -0.4 is 11.1 Å². The molecule has 0 fully saturated rings. The Morgan fingerprint density at radius 3 is 3.26 bits per heavy atom. The number of aliphatic imine (C=N–C) groups is 1. The first-order chi connectivity index (χ1) is 9.11. The second-order valence-electron chi connectivity index (χ2n) is 4.23. The lowest BCUT2D eigenvalue weighted by Gasteiger charge is -2.03. The number of amidine groups is 1. The van der Waals surface area contributed by atoms with E-state index in [-0.39, 0.29) is 18.2 Å².